The average molecular weight is 346 g/mol. The van der Waals surface area contributed by atoms with E-state index in [1.807, 2.05) is 43.5 Å². The van der Waals surface area contributed by atoms with Crippen LogP contribution in [0.25, 0.3) is 6.08 Å². The van der Waals surface area contributed by atoms with Gasteiger partial charge in [-0.25, -0.2) is 4.98 Å². The molecule has 0 aliphatic heterocycles. The smallest absolute Gasteiger partial charge is 0.244 e. The zero-order chi connectivity index (χ0) is 17.4. The number of thiazole rings is 1. The van der Waals surface area contributed by atoms with Crippen molar-refractivity contribution >= 4 is 23.3 Å². The van der Waals surface area contributed by atoms with Crippen molar-refractivity contribution in [1.29, 1.82) is 0 Å². The second-order valence-corrected chi connectivity index (χ2v) is 6.41. The lowest BCUT2D eigenvalue weighted by atomic mass is 10.2. The quantitative estimate of drug-likeness (QED) is 0.721. The van der Waals surface area contributed by atoms with Gasteiger partial charge in [0.05, 0.1) is 23.4 Å². The van der Waals surface area contributed by atoms with E-state index in [2.05, 4.69) is 10.3 Å². The van der Waals surface area contributed by atoms with Crippen molar-refractivity contribution in [3.05, 3.63) is 52.0 Å². The van der Waals surface area contributed by atoms with Crippen molar-refractivity contribution in [2.45, 2.75) is 32.9 Å². The molecule has 0 fully saturated rings. The first-order valence-corrected chi connectivity index (χ1v) is 8.72. The van der Waals surface area contributed by atoms with E-state index in [1.165, 1.54) is 6.08 Å². The zero-order valence-corrected chi connectivity index (χ0v) is 14.7. The van der Waals surface area contributed by atoms with E-state index in [9.17, 15) is 4.79 Å². The molecule has 2 aromatic rings. The zero-order valence-electron chi connectivity index (χ0n) is 13.9. The Labute approximate surface area is 146 Å². The Kier molecular flexibility index (Phi) is 6.96. The fourth-order valence-corrected chi connectivity index (χ4v) is 2.60. The topological polar surface area (TPSA) is 71.5 Å². The lowest BCUT2D eigenvalue weighted by molar-refractivity contribution is -0.117. The molecule has 2 rings (SSSR count). The number of carbonyl (C=O) groups excluding carboxylic acids is 1. The monoisotopic (exact) mass is 346 g/mol. The van der Waals surface area contributed by atoms with E-state index in [-0.39, 0.29) is 18.6 Å². The molecule has 6 heteroatoms. The van der Waals surface area contributed by atoms with Crippen LogP contribution in [0.5, 0.6) is 5.75 Å². The van der Waals surface area contributed by atoms with Crippen LogP contribution in [0.15, 0.2) is 35.7 Å². The fraction of sp³-hybridized carbons (Fsp3) is 0.333. The summed E-state index contributed by atoms with van der Waals surface area (Å²) in [4.78, 5) is 16.1. The number of rotatable bonds is 8. The van der Waals surface area contributed by atoms with Crippen LogP contribution in [0.2, 0.25) is 0 Å². The molecule has 0 spiro atoms. The number of aliphatic hydroxyl groups excluding tert-OH is 1. The molecule has 0 radical (unpaired) electrons. The largest absolute Gasteiger partial charge is 0.487 e. The summed E-state index contributed by atoms with van der Waals surface area (Å²) in [6, 6.07) is 7.29. The van der Waals surface area contributed by atoms with Gasteiger partial charge in [0, 0.05) is 11.5 Å². The minimum Gasteiger partial charge on any atom is -0.487 e. The molecule has 0 saturated heterocycles. The molecule has 128 valence electrons. The standard InChI is InChI=1S/C18H22N2O3S/c1-3-15(10-21)20-18(22)9-6-14-4-7-17(8-5-14)23-11-16-12-24-13(2)19-16/h4-9,12,15,21H,3,10-11H2,1-2H3,(H,20,22)/b9-6+. The number of nitrogens with one attached hydrogen (secondary N) is 1. The second-order valence-electron chi connectivity index (χ2n) is 5.35. The maximum absolute atomic E-state index is 11.7. The van der Waals surface area contributed by atoms with Gasteiger partial charge in [-0.15, -0.1) is 11.3 Å². The number of carbonyl (C=O) groups is 1. The molecule has 0 bridgehead atoms. The Hall–Kier alpha value is -2.18. The van der Waals surface area contributed by atoms with Crippen molar-refractivity contribution in [1.82, 2.24) is 10.3 Å². The first kappa shape index (κ1) is 18.2. The van der Waals surface area contributed by atoms with Gasteiger partial charge in [-0.1, -0.05) is 19.1 Å². The van der Waals surface area contributed by atoms with Gasteiger partial charge in [0.2, 0.25) is 5.91 Å². The Balaban J connectivity index is 1.84. The van der Waals surface area contributed by atoms with Gasteiger partial charge in [0.15, 0.2) is 0 Å². The Morgan fingerprint density at radius 3 is 2.75 bits per heavy atom. The molecule has 0 saturated carbocycles. The molecule has 1 aromatic heterocycles. The number of hydrogen-bond acceptors (Lipinski definition) is 5. The number of aliphatic hydroxyl groups is 1. The van der Waals surface area contributed by atoms with Crippen molar-refractivity contribution in [3.63, 3.8) is 0 Å². The molecule has 1 heterocycles. The highest BCUT2D eigenvalue weighted by molar-refractivity contribution is 7.09. The number of nitrogens with zero attached hydrogens (tertiary/aromatic N) is 1. The molecule has 2 N–H and O–H groups in total. The summed E-state index contributed by atoms with van der Waals surface area (Å²) in [5.41, 5.74) is 1.83. The maximum atomic E-state index is 11.7. The summed E-state index contributed by atoms with van der Waals surface area (Å²) >= 11 is 1.60. The van der Waals surface area contributed by atoms with Crippen LogP contribution in [0.1, 0.15) is 29.6 Å². The maximum Gasteiger partial charge on any atom is 0.244 e. The highest BCUT2D eigenvalue weighted by Crippen LogP contribution is 2.16. The third-order valence-electron chi connectivity index (χ3n) is 3.42. The van der Waals surface area contributed by atoms with Gasteiger partial charge in [-0.05, 0) is 37.1 Å². The van der Waals surface area contributed by atoms with Gasteiger partial charge >= 0.3 is 0 Å². The predicted molar refractivity (Wildman–Crippen MR) is 96.0 cm³/mol. The third-order valence-corrected chi connectivity index (χ3v) is 4.24. The fourth-order valence-electron chi connectivity index (χ4n) is 2.00. The summed E-state index contributed by atoms with van der Waals surface area (Å²) in [5.74, 6) is 0.545. The Bertz CT molecular complexity index is 676. The van der Waals surface area contributed by atoms with Gasteiger partial charge in [-0.2, -0.15) is 0 Å². The van der Waals surface area contributed by atoms with Crippen LogP contribution in [-0.4, -0.2) is 28.6 Å². The van der Waals surface area contributed by atoms with Gasteiger partial charge in [0.1, 0.15) is 12.4 Å². The highest BCUT2D eigenvalue weighted by Gasteiger charge is 2.06. The van der Waals surface area contributed by atoms with E-state index in [0.29, 0.717) is 13.0 Å². The molecular weight excluding hydrogens is 324 g/mol. The van der Waals surface area contributed by atoms with Crippen LogP contribution < -0.4 is 10.1 Å². The number of aromatic nitrogens is 1. The molecule has 1 atom stereocenters. The Morgan fingerprint density at radius 2 is 2.17 bits per heavy atom. The van der Waals surface area contributed by atoms with Crippen molar-refractivity contribution < 1.29 is 14.6 Å². The number of amides is 1. The summed E-state index contributed by atoms with van der Waals surface area (Å²) in [6.45, 7) is 4.27. The summed E-state index contributed by atoms with van der Waals surface area (Å²) in [7, 11) is 0. The van der Waals surface area contributed by atoms with Crippen LogP contribution in [0.4, 0.5) is 0 Å². The minimum absolute atomic E-state index is 0.0549. The molecule has 1 aromatic carbocycles. The lowest BCUT2D eigenvalue weighted by Gasteiger charge is -2.11. The van der Waals surface area contributed by atoms with Gasteiger partial charge in [-0.3, -0.25) is 4.79 Å². The molecular formula is C18H22N2O3S. The number of ether oxygens (including phenoxy) is 1. The van der Waals surface area contributed by atoms with Gasteiger partial charge in [0.25, 0.3) is 0 Å². The van der Waals surface area contributed by atoms with Crippen molar-refractivity contribution in [2.24, 2.45) is 0 Å². The first-order chi connectivity index (χ1) is 11.6. The van der Waals surface area contributed by atoms with E-state index >= 15 is 0 Å². The van der Waals surface area contributed by atoms with E-state index in [1.54, 1.807) is 17.4 Å². The minimum atomic E-state index is -0.213. The Morgan fingerprint density at radius 1 is 1.42 bits per heavy atom. The predicted octanol–water partition coefficient (Wildman–Crippen LogP) is 2.93. The summed E-state index contributed by atoms with van der Waals surface area (Å²) in [6.07, 6.45) is 3.89. The van der Waals surface area contributed by atoms with Crippen LogP contribution in [-0.2, 0) is 11.4 Å². The normalized spacial score (nSPS) is 12.3. The molecule has 1 amide bonds. The van der Waals surface area contributed by atoms with E-state index in [4.69, 9.17) is 9.84 Å². The SMILES string of the molecule is CCC(CO)NC(=O)/C=C/c1ccc(OCc2csc(C)n2)cc1. The van der Waals surface area contributed by atoms with Crippen LogP contribution in [0.3, 0.4) is 0 Å². The van der Waals surface area contributed by atoms with Crippen LogP contribution >= 0.6 is 11.3 Å². The van der Waals surface area contributed by atoms with Crippen molar-refractivity contribution in [2.75, 3.05) is 6.61 Å². The highest BCUT2D eigenvalue weighted by atomic mass is 32.1. The van der Waals surface area contributed by atoms with E-state index < -0.39 is 0 Å². The average Bonchev–Trinajstić information content (AvgIpc) is 3.02. The van der Waals surface area contributed by atoms with Crippen LogP contribution in [0, 0.1) is 6.92 Å². The molecule has 0 aliphatic rings. The second kappa shape index (κ2) is 9.20. The number of benzene rings is 1. The molecule has 5 nitrogen and oxygen atoms in total. The molecule has 1 unspecified atom stereocenters. The summed E-state index contributed by atoms with van der Waals surface area (Å²) < 4.78 is 5.68. The van der Waals surface area contributed by atoms with Gasteiger partial charge < -0.3 is 15.2 Å². The van der Waals surface area contributed by atoms with E-state index in [0.717, 1.165) is 22.0 Å². The van der Waals surface area contributed by atoms with Crippen molar-refractivity contribution in [3.8, 4) is 5.75 Å². The lowest BCUT2D eigenvalue weighted by Crippen LogP contribution is -2.35. The molecule has 24 heavy (non-hydrogen) atoms. The molecule has 0 aliphatic carbocycles. The number of aryl methyl sites for hydroxylation is 1. The summed E-state index contributed by atoms with van der Waals surface area (Å²) in [5, 5.41) is 14.8. The first-order valence-electron chi connectivity index (χ1n) is 7.84. The third kappa shape index (κ3) is 5.79. The number of hydrogen-bond donors (Lipinski definition) is 2.